The summed E-state index contributed by atoms with van der Waals surface area (Å²) in [6.07, 6.45) is 4.84. The molecule has 1 N–H and O–H groups in total. The normalized spacial score (nSPS) is 16.9. The van der Waals surface area contributed by atoms with E-state index >= 15 is 0 Å². The second-order valence-electron chi connectivity index (χ2n) is 5.03. The maximum atomic E-state index is 12.0. The second-order valence-corrected chi connectivity index (χ2v) is 5.44. The molecule has 1 fully saturated rings. The lowest BCUT2D eigenvalue weighted by Gasteiger charge is -2.22. The van der Waals surface area contributed by atoms with Gasteiger partial charge in [-0.15, -0.1) is 0 Å². The highest BCUT2D eigenvalue weighted by atomic mass is 35.5. The quantitative estimate of drug-likeness (QED) is 0.912. The molecule has 5 heteroatoms. The highest BCUT2D eigenvalue weighted by molar-refractivity contribution is 6.33. The smallest absolute Gasteiger partial charge is 0.258 e. The van der Waals surface area contributed by atoms with Crippen LogP contribution in [-0.4, -0.2) is 22.5 Å². The molecule has 0 saturated carbocycles. The van der Waals surface area contributed by atoms with E-state index in [0.717, 1.165) is 38.0 Å². The fraction of sp³-hybridized carbons (Fsp3) is 0.429. The first-order valence-electron chi connectivity index (χ1n) is 6.61. The van der Waals surface area contributed by atoms with Gasteiger partial charge in [0, 0.05) is 18.0 Å². The monoisotopic (exact) mass is 277 g/mol. The number of halogens is 1. The predicted molar refractivity (Wildman–Crippen MR) is 75.8 cm³/mol. The summed E-state index contributed by atoms with van der Waals surface area (Å²) < 4.78 is 1.49. The molecular formula is C14H16ClN3O. The van der Waals surface area contributed by atoms with Crippen molar-refractivity contribution in [2.45, 2.75) is 19.3 Å². The Labute approximate surface area is 116 Å². The van der Waals surface area contributed by atoms with E-state index in [2.05, 4.69) is 10.3 Å². The molecule has 100 valence electrons. The van der Waals surface area contributed by atoms with Crippen LogP contribution in [-0.2, 0) is 6.42 Å². The van der Waals surface area contributed by atoms with Crippen LogP contribution in [0.3, 0.4) is 0 Å². The van der Waals surface area contributed by atoms with Crippen molar-refractivity contribution < 1.29 is 0 Å². The topological polar surface area (TPSA) is 46.4 Å². The summed E-state index contributed by atoms with van der Waals surface area (Å²) in [4.78, 5) is 16.6. The van der Waals surface area contributed by atoms with Crippen LogP contribution in [0.1, 0.15) is 18.5 Å². The zero-order chi connectivity index (χ0) is 13.2. The summed E-state index contributed by atoms with van der Waals surface area (Å²) in [7, 11) is 0. The number of rotatable bonds is 2. The Balaban J connectivity index is 1.96. The molecule has 1 aliphatic rings. The molecule has 0 radical (unpaired) electrons. The maximum Gasteiger partial charge on any atom is 0.258 e. The van der Waals surface area contributed by atoms with Gasteiger partial charge < -0.3 is 5.32 Å². The standard InChI is InChI=1S/C14H16ClN3O/c15-12-2-1-7-18-13(19)9-11(17-14(12)18)8-10-3-5-16-6-4-10/h1-2,7,9-10,16H,3-6,8H2. The van der Waals surface area contributed by atoms with Gasteiger partial charge in [-0.25, -0.2) is 4.98 Å². The number of nitrogens with zero attached hydrogens (tertiary/aromatic N) is 2. The van der Waals surface area contributed by atoms with Gasteiger partial charge in [-0.3, -0.25) is 9.20 Å². The molecule has 3 heterocycles. The fourth-order valence-corrected chi connectivity index (χ4v) is 2.83. The number of nitrogens with one attached hydrogen (secondary N) is 1. The number of hydrogen-bond acceptors (Lipinski definition) is 3. The first-order valence-corrected chi connectivity index (χ1v) is 6.99. The summed E-state index contributed by atoms with van der Waals surface area (Å²) in [5.74, 6) is 0.609. The zero-order valence-electron chi connectivity index (χ0n) is 10.6. The summed E-state index contributed by atoms with van der Waals surface area (Å²) >= 11 is 6.11. The molecule has 0 aromatic carbocycles. The van der Waals surface area contributed by atoms with Crippen molar-refractivity contribution in [1.29, 1.82) is 0 Å². The van der Waals surface area contributed by atoms with Gasteiger partial charge in [0.25, 0.3) is 5.56 Å². The van der Waals surface area contributed by atoms with Gasteiger partial charge >= 0.3 is 0 Å². The van der Waals surface area contributed by atoms with Crippen LogP contribution < -0.4 is 10.9 Å². The van der Waals surface area contributed by atoms with Gasteiger partial charge in [0.2, 0.25) is 0 Å². The Kier molecular flexibility index (Phi) is 3.53. The van der Waals surface area contributed by atoms with Crippen LogP contribution in [0.15, 0.2) is 29.2 Å². The van der Waals surface area contributed by atoms with E-state index in [4.69, 9.17) is 11.6 Å². The molecule has 0 spiro atoms. The zero-order valence-corrected chi connectivity index (χ0v) is 11.4. The first kappa shape index (κ1) is 12.6. The van der Waals surface area contributed by atoms with Gasteiger partial charge in [0.15, 0.2) is 5.65 Å². The summed E-state index contributed by atoms with van der Waals surface area (Å²) in [5.41, 5.74) is 1.35. The molecule has 4 nitrogen and oxygen atoms in total. The number of aromatic nitrogens is 2. The molecule has 2 aromatic rings. The third-order valence-electron chi connectivity index (χ3n) is 3.65. The van der Waals surface area contributed by atoms with Crippen molar-refractivity contribution in [2.75, 3.05) is 13.1 Å². The highest BCUT2D eigenvalue weighted by Gasteiger charge is 2.15. The SMILES string of the molecule is O=c1cc(CC2CCNCC2)nc2c(Cl)cccn12. The van der Waals surface area contributed by atoms with Crippen LogP contribution >= 0.6 is 11.6 Å². The Morgan fingerprint density at radius 3 is 3.00 bits per heavy atom. The van der Waals surface area contributed by atoms with Crippen molar-refractivity contribution in [3.8, 4) is 0 Å². The van der Waals surface area contributed by atoms with Crippen molar-refractivity contribution in [2.24, 2.45) is 5.92 Å². The van der Waals surface area contributed by atoms with Crippen LogP contribution in [0.2, 0.25) is 5.02 Å². The first-order chi connectivity index (χ1) is 9.24. The minimum atomic E-state index is -0.0589. The third-order valence-corrected chi connectivity index (χ3v) is 3.95. The van der Waals surface area contributed by atoms with E-state index in [9.17, 15) is 4.79 Å². The minimum Gasteiger partial charge on any atom is -0.317 e. The number of pyridine rings is 1. The van der Waals surface area contributed by atoms with Crippen molar-refractivity contribution in [1.82, 2.24) is 14.7 Å². The van der Waals surface area contributed by atoms with E-state index in [1.807, 2.05) is 0 Å². The van der Waals surface area contributed by atoms with E-state index in [-0.39, 0.29) is 5.56 Å². The molecule has 0 bridgehead atoms. The van der Waals surface area contributed by atoms with Crippen molar-refractivity contribution in [3.05, 3.63) is 45.5 Å². The van der Waals surface area contributed by atoms with Crippen LogP contribution in [0.25, 0.3) is 5.65 Å². The minimum absolute atomic E-state index is 0.0589. The number of hydrogen-bond donors (Lipinski definition) is 1. The lowest BCUT2D eigenvalue weighted by Crippen LogP contribution is -2.29. The fourth-order valence-electron chi connectivity index (χ4n) is 2.63. The second kappa shape index (κ2) is 5.31. The van der Waals surface area contributed by atoms with Gasteiger partial charge in [-0.05, 0) is 50.4 Å². The van der Waals surface area contributed by atoms with Gasteiger partial charge in [0.1, 0.15) is 0 Å². The van der Waals surface area contributed by atoms with Crippen LogP contribution in [0.5, 0.6) is 0 Å². The molecule has 0 aliphatic carbocycles. The molecule has 0 atom stereocenters. The summed E-state index contributed by atoms with van der Waals surface area (Å²) in [5, 5.41) is 3.86. The predicted octanol–water partition coefficient (Wildman–Crippen LogP) is 1.89. The van der Waals surface area contributed by atoms with Crippen LogP contribution in [0.4, 0.5) is 0 Å². The Morgan fingerprint density at radius 1 is 1.42 bits per heavy atom. The van der Waals surface area contributed by atoms with Crippen LogP contribution in [0, 0.1) is 5.92 Å². The molecule has 2 aromatic heterocycles. The van der Waals surface area contributed by atoms with Crippen molar-refractivity contribution in [3.63, 3.8) is 0 Å². The molecule has 1 aliphatic heterocycles. The largest absolute Gasteiger partial charge is 0.317 e. The number of piperidine rings is 1. The Morgan fingerprint density at radius 2 is 2.21 bits per heavy atom. The average Bonchev–Trinajstić information content (AvgIpc) is 2.41. The maximum absolute atomic E-state index is 12.0. The Bertz CT molecular complexity index is 647. The molecule has 0 amide bonds. The third kappa shape index (κ3) is 2.65. The average molecular weight is 278 g/mol. The lowest BCUT2D eigenvalue weighted by molar-refractivity contribution is 0.370. The Hall–Kier alpha value is -1.39. The van der Waals surface area contributed by atoms with Gasteiger partial charge in [0.05, 0.1) is 5.02 Å². The summed E-state index contributed by atoms with van der Waals surface area (Å²) in [6.45, 7) is 2.11. The van der Waals surface area contributed by atoms with Gasteiger partial charge in [-0.1, -0.05) is 11.6 Å². The van der Waals surface area contributed by atoms with E-state index in [0.29, 0.717) is 16.6 Å². The molecule has 19 heavy (non-hydrogen) atoms. The van der Waals surface area contributed by atoms with Gasteiger partial charge in [-0.2, -0.15) is 0 Å². The van der Waals surface area contributed by atoms with Crippen molar-refractivity contribution >= 4 is 17.2 Å². The highest BCUT2D eigenvalue weighted by Crippen LogP contribution is 2.18. The molecular weight excluding hydrogens is 262 g/mol. The molecule has 1 saturated heterocycles. The van der Waals surface area contributed by atoms with E-state index in [1.165, 1.54) is 4.40 Å². The van der Waals surface area contributed by atoms with E-state index in [1.54, 1.807) is 24.4 Å². The van der Waals surface area contributed by atoms with E-state index < -0.39 is 0 Å². The molecule has 0 unspecified atom stereocenters. The number of fused-ring (bicyclic) bond motifs is 1. The lowest BCUT2D eigenvalue weighted by atomic mass is 9.93. The summed E-state index contributed by atoms with van der Waals surface area (Å²) in [6, 6.07) is 5.15. The molecule has 3 rings (SSSR count).